The fraction of sp³-hybridized carbons (Fsp3) is 0.219. The van der Waals surface area contributed by atoms with Crippen molar-refractivity contribution < 1.29 is 14.4 Å². The molecule has 1 heterocycles. The summed E-state index contributed by atoms with van der Waals surface area (Å²) in [7, 11) is 1.68. The average Bonchev–Trinajstić information content (AvgIpc) is 3.08. The summed E-state index contributed by atoms with van der Waals surface area (Å²) in [5.41, 5.74) is 10.1. The van der Waals surface area contributed by atoms with E-state index in [0.717, 1.165) is 21.9 Å². The van der Waals surface area contributed by atoms with Crippen LogP contribution in [0.3, 0.4) is 0 Å². The molecule has 0 saturated heterocycles. The predicted octanol–water partition coefficient (Wildman–Crippen LogP) is 4.44. The number of hydrogen-bond acceptors (Lipinski definition) is 5. The highest BCUT2D eigenvalue weighted by Crippen LogP contribution is 2.36. The van der Waals surface area contributed by atoms with Crippen molar-refractivity contribution in [2.45, 2.75) is 32.5 Å². The van der Waals surface area contributed by atoms with E-state index in [1.54, 1.807) is 48.0 Å². The van der Waals surface area contributed by atoms with Crippen LogP contribution >= 0.6 is 12.4 Å². The third-order valence-electron chi connectivity index (χ3n) is 7.53. The number of nitrogen functional groups attached to an aromatic ring is 1. The standard InChI is InChI=1S/C32H33N5O3.ClH/c1-20-12-13-22-8-4-5-9-25(22)26(20)18-36-28-10-6-7-11-29(28)37(31(39)23-14-16-24(33)17-15-23)19-27(32(36)40)35-30(38)21(2)34-3;/h4-17,21,27,34H,18-19,33H2,1-3H3,(H,35,38);1H. The maximum Gasteiger partial charge on any atom is 0.258 e. The number of anilines is 3. The molecule has 0 saturated carbocycles. The van der Waals surface area contributed by atoms with Gasteiger partial charge < -0.3 is 26.2 Å². The first-order valence-electron chi connectivity index (χ1n) is 13.3. The number of nitrogens with one attached hydrogen (secondary N) is 2. The molecule has 2 unspecified atom stereocenters. The van der Waals surface area contributed by atoms with E-state index in [4.69, 9.17) is 5.73 Å². The molecular weight excluding hydrogens is 538 g/mol. The van der Waals surface area contributed by atoms with E-state index in [-0.39, 0.29) is 43.2 Å². The van der Waals surface area contributed by atoms with Crippen LogP contribution in [0.2, 0.25) is 0 Å². The van der Waals surface area contributed by atoms with Gasteiger partial charge in [-0.15, -0.1) is 12.4 Å². The van der Waals surface area contributed by atoms with Crippen LogP contribution in [0.15, 0.2) is 84.9 Å². The van der Waals surface area contributed by atoms with Gasteiger partial charge in [0.15, 0.2) is 0 Å². The van der Waals surface area contributed by atoms with Gasteiger partial charge in [0.25, 0.3) is 11.8 Å². The molecule has 0 aliphatic carbocycles. The Morgan fingerprint density at radius 1 is 0.951 bits per heavy atom. The maximum absolute atomic E-state index is 14.3. The first-order valence-corrected chi connectivity index (χ1v) is 13.3. The Morgan fingerprint density at radius 2 is 1.61 bits per heavy atom. The fourth-order valence-electron chi connectivity index (χ4n) is 5.07. The topological polar surface area (TPSA) is 108 Å². The Balaban J connectivity index is 0.00000387. The minimum atomic E-state index is -0.969. The molecule has 1 aliphatic heterocycles. The molecule has 0 fully saturated rings. The number of amides is 3. The third kappa shape index (κ3) is 5.89. The van der Waals surface area contributed by atoms with Crippen LogP contribution in [-0.2, 0) is 16.1 Å². The molecule has 9 heteroatoms. The largest absolute Gasteiger partial charge is 0.399 e. The zero-order valence-corrected chi connectivity index (χ0v) is 24.1. The molecular formula is C32H34ClN5O3. The van der Waals surface area contributed by atoms with Crippen molar-refractivity contribution in [3.63, 3.8) is 0 Å². The molecule has 0 bridgehead atoms. The van der Waals surface area contributed by atoms with Gasteiger partial charge in [-0.05, 0) is 79.2 Å². The highest BCUT2D eigenvalue weighted by Gasteiger charge is 2.37. The Kier molecular flexibility index (Phi) is 8.95. The number of nitrogens with two attached hydrogens (primary N) is 1. The Bertz CT molecular complexity index is 1590. The van der Waals surface area contributed by atoms with Crippen LogP contribution in [0.5, 0.6) is 0 Å². The second-order valence-electron chi connectivity index (χ2n) is 10.1. The molecule has 4 aromatic carbocycles. The number of aryl methyl sites for hydroxylation is 1. The van der Waals surface area contributed by atoms with Gasteiger partial charge in [-0.25, -0.2) is 0 Å². The highest BCUT2D eigenvalue weighted by atomic mass is 35.5. The molecule has 4 aromatic rings. The zero-order valence-electron chi connectivity index (χ0n) is 23.3. The first-order chi connectivity index (χ1) is 19.3. The minimum absolute atomic E-state index is 0. The summed E-state index contributed by atoms with van der Waals surface area (Å²) in [4.78, 5) is 44.4. The van der Waals surface area contributed by atoms with Gasteiger partial charge in [0.1, 0.15) is 6.04 Å². The third-order valence-corrected chi connectivity index (χ3v) is 7.53. The number of fused-ring (bicyclic) bond motifs is 2. The maximum atomic E-state index is 14.3. The van der Waals surface area contributed by atoms with Crippen molar-refractivity contribution in [3.8, 4) is 0 Å². The van der Waals surface area contributed by atoms with Crippen molar-refractivity contribution in [1.82, 2.24) is 10.6 Å². The van der Waals surface area contributed by atoms with Gasteiger partial charge in [-0.2, -0.15) is 0 Å². The van der Waals surface area contributed by atoms with E-state index in [9.17, 15) is 14.4 Å². The summed E-state index contributed by atoms with van der Waals surface area (Å²) in [6.07, 6.45) is 0. The second kappa shape index (κ2) is 12.4. The molecule has 41 heavy (non-hydrogen) atoms. The lowest BCUT2D eigenvalue weighted by atomic mass is 9.99. The van der Waals surface area contributed by atoms with Gasteiger partial charge in [-0.1, -0.05) is 48.5 Å². The van der Waals surface area contributed by atoms with Crippen LogP contribution in [0, 0.1) is 6.92 Å². The summed E-state index contributed by atoms with van der Waals surface area (Å²) < 4.78 is 0. The second-order valence-corrected chi connectivity index (χ2v) is 10.1. The molecule has 4 N–H and O–H groups in total. The predicted molar refractivity (Wildman–Crippen MR) is 167 cm³/mol. The van der Waals surface area contributed by atoms with Gasteiger partial charge in [0.05, 0.1) is 30.5 Å². The number of halogens is 1. The molecule has 0 radical (unpaired) electrons. The number of para-hydroxylation sites is 2. The van der Waals surface area contributed by atoms with E-state index < -0.39 is 12.1 Å². The van der Waals surface area contributed by atoms with Crippen molar-refractivity contribution in [1.29, 1.82) is 0 Å². The Morgan fingerprint density at radius 3 is 2.32 bits per heavy atom. The number of benzene rings is 4. The van der Waals surface area contributed by atoms with Crippen molar-refractivity contribution in [3.05, 3.63) is 102 Å². The van der Waals surface area contributed by atoms with Crippen molar-refractivity contribution in [2.24, 2.45) is 0 Å². The summed E-state index contributed by atoms with van der Waals surface area (Å²) in [5.74, 6) is -0.901. The van der Waals surface area contributed by atoms with E-state index in [1.807, 2.05) is 49.4 Å². The monoisotopic (exact) mass is 571 g/mol. The number of carbonyl (C=O) groups is 3. The average molecular weight is 572 g/mol. The van der Waals surface area contributed by atoms with Crippen LogP contribution < -0.4 is 26.2 Å². The van der Waals surface area contributed by atoms with Gasteiger partial charge in [-0.3, -0.25) is 14.4 Å². The number of hydrogen-bond donors (Lipinski definition) is 3. The van der Waals surface area contributed by atoms with Crippen LogP contribution in [0.25, 0.3) is 10.8 Å². The van der Waals surface area contributed by atoms with E-state index >= 15 is 0 Å². The van der Waals surface area contributed by atoms with E-state index in [2.05, 4.69) is 28.8 Å². The number of carbonyl (C=O) groups excluding carboxylic acids is 3. The van der Waals surface area contributed by atoms with Crippen LogP contribution in [0.1, 0.15) is 28.4 Å². The van der Waals surface area contributed by atoms with Crippen molar-refractivity contribution >= 4 is 58.0 Å². The van der Waals surface area contributed by atoms with Crippen molar-refractivity contribution in [2.75, 3.05) is 29.1 Å². The Hall–Kier alpha value is -4.40. The highest BCUT2D eigenvalue weighted by molar-refractivity contribution is 6.13. The number of likely N-dealkylation sites (N-methyl/N-ethyl adjacent to an activating group) is 1. The lowest BCUT2D eigenvalue weighted by molar-refractivity contribution is -0.128. The normalized spacial score (nSPS) is 15.5. The minimum Gasteiger partial charge on any atom is -0.399 e. The molecule has 0 aromatic heterocycles. The fourth-order valence-corrected chi connectivity index (χ4v) is 5.07. The smallest absolute Gasteiger partial charge is 0.258 e. The number of nitrogens with zero attached hydrogens (tertiary/aromatic N) is 2. The number of rotatable bonds is 6. The lowest BCUT2D eigenvalue weighted by Gasteiger charge is -2.27. The SMILES string of the molecule is CNC(C)C(=O)NC1CN(C(=O)c2ccc(N)cc2)c2ccccc2N(Cc2c(C)ccc3ccccc23)C1=O.Cl. The van der Waals surface area contributed by atoms with Gasteiger partial charge >= 0.3 is 0 Å². The Labute approximate surface area is 245 Å². The lowest BCUT2D eigenvalue weighted by Crippen LogP contribution is -2.55. The van der Waals surface area contributed by atoms with E-state index in [1.165, 1.54) is 0 Å². The summed E-state index contributed by atoms with van der Waals surface area (Å²) in [6, 6.07) is 24.8. The summed E-state index contributed by atoms with van der Waals surface area (Å²) in [5, 5.41) is 7.94. The molecule has 212 valence electrons. The van der Waals surface area contributed by atoms with E-state index in [0.29, 0.717) is 22.6 Å². The molecule has 2 atom stereocenters. The zero-order chi connectivity index (χ0) is 28.4. The molecule has 0 spiro atoms. The van der Waals surface area contributed by atoms with Crippen LogP contribution in [0.4, 0.5) is 17.1 Å². The molecule has 5 rings (SSSR count). The molecule has 3 amide bonds. The van der Waals surface area contributed by atoms with Crippen LogP contribution in [-0.4, -0.2) is 43.4 Å². The molecule has 1 aliphatic rings. The summed E-state index contributed by atoms with van der Waals surface area (Å²) in [6.45, 7) is 4.01. The van der Waals surface area contributed by atoms with Gasteiger partial charge in [0, 0.05) is 11.3 Å². The summed E-state index contributed by atoms with van der Waals surface area (Å²) >= 11 is 0. The first kappa shape index (κ1) is 29.6. The van der Waals surface area contributed by atoms with Gasteiger partial charge in [0.2, 0.25) is 5.91 Å². The molecule has 8 nitrogen and oxygen atoms in total. The quantitative estimate of drug-likeness (QED) is 0.297.